The van der Waals surface area contributed by atoms with Crippen molar-refractivity contribution in [1.29, 1.82) is 0 Å². The van der Waals surface area contributed by atoms with Crippen LogP contribution in [0.5, 0.6) is 0 Å². The molecule has 2 aromatic rings. The van der Waals surface area contributed by atoms with E-state index in [2.05, 4.69) is 26.2 Å². The summed E-state index contributed by atoms with van der Waals surface area (Å²) < 4.78 is 1.45. The smallest absolute Gasteiger partial charge is 0.313 e. The Morgan fingerprint density at radius 2 is 2.06 bits per heavy atom. The summed E-state index contributed by atoms with van der Waals surface area (Å²) in [7, 11) is 1.66. The number of aryl methyl sites for hydroxylation is 1. The highest BCUT2D eigenvalue weighted by atomic mass is 32.2. The van der Waals surface area contributed by atoms with Crippen LogP contribution in [0.25, 0.3) is 0 Å². The quantitative estimate of drug-likeness (QED) is 0.258. The van der Waals surface area contributed by atoms with E-state index in [9.17, 15) is 24.3 Å². The average molecular weight is 521 g/mol. The predicted octanol–water partition coefficient (Wildman–Crippen LogP) is -0.568. The molecule has 186 valence electrons. The van der Waals surface area contributed by atoms with E-state index in [4.69, 9.17) is 5.73 Å². The van der Waals surface area contributed by atoms with Crippen LogP contribution >= 0.6 is 23.5 Å². The molecule has 35 heavy (non-hydrogen) atoms. The number of anilines is 1. The average Bonchev–Trinajstić information content (AvgIpc) is 3.25. The second-order valence-corrected chi connectivity index (χ2v) is 10.4. The van der Waals surface area contributed by atoms with Gasteiger partial charge in [0.25, 0.3) is 0 Å². The van der Waals surface area contributed by atoms with Gasteiger partial charge in [0.15, 0.2) is 0 Å². The Labute approximate surface area is 208 Å². The summed E-state index contributed by atoms with van der Waals surface area (Å²) in [6, 6.07) is 4.75. The lowest BCUT2D eigenvalue weighted by molar-refractivity contribution is -0.157. The standard InChI is InChI=1S/C20H24N8O5S2/c1-10(29)22-12-5-3-11(4-6-12)13(21)15(30)23-14-16(31)28-7-20(18(32)33,8-34-17(14)28)9-35-19-24-25-26-27(19)2/h3-6,13-14,17H,7-9,21H2,1-2H3,(H,22,29)(H,23,30)(H,32,33)/t13?,14?,17-,20?/m1/s1. The highest BCUT2D eigenvalue weighted by Crippen LogP contribution is 2.44. The second-order valence-electron chi connectivity index (χ2n) is 8.39. The van der Waals surface area contributed by atoms with Gasteiger partial charge in [0.1, 0.15) is 22.9 Å². The number of carbonyl (C=O) groups excluding carboxylic acids is 3. The fourth-order valence-corrected chi connectivity index (χ4v) is 6.53. The third-order valence-corrected chi connectivity index (χ3v) is 8.72. The highest BCUT2D eigenvalue weighted by Gasteiger charge is 2.57. The van der Waals surface area contributed by atoms with Crippen LogP contribution in [0.15, 0.2) is 29.4 Å². The Bertz CT molecular complexity index is 1160. The molecule has 0 spiro atoms. The summed E-state index contributed by atoms with van der Waals surface area (Å²) in [5.74, 6) is -1.63. The summed E-state index contributed by atoms with van der Waals surface area (Å²) in [5.41, 5.74) is 6.01. The van der Waals surface area contributed by atoms with Gasteiger partial charge in [0.2, 0.25) is 22.9 Å². The van der Waals surface area contributed by atoms with Crippen LogP contribution in [0.3, 0.4) is 0 Å². The molecule has 3 amide bonds. The molecule has 13 nitrogen and oxygen atoms in total. The molecule has 4 atom stereocenters. The first-order valence-electron chi connectivity index (χ1n) is 10.6. The summed E-state index contributed by atoms with van der Waals surface area (Å²) in [5, 5.41) is 26.6. The topological polar surface area (TPSA) is 185 Å². The fourth-order valence-electron chi connectivity index (χ4n) is 3.82. The molecule has 2 aliphatic rings. The molecule has 0 aliphatic carbocycles. The zero-order valence-electron chi connectivity index (χ0n) is 18.9. The number of aliphatic carboxylic acids is 1. The first kappa shape index (κ1) is 24.9. The third kappa shape index (κ3) is 4.97. The molecule has 1 aromatic heterocycles. The molecule has 5 N–H and O–H groups in total. The lowest BCUT2D eigenvalue weighted by atomic mass is 9.89. The summed E-state index contributed by atoms with van der Waals surface area (Å²) in [6.45, 7) is 1.42. The number of fused-ring (bicyclic) bond motifs is 1. The van der Waals surface area contributed by atoms with Crippen LogP contribution in [0.4, 0.5) is 5.69 Å². The van der Waals surface area contributed by atoms with Gasteiger partial charge in [0, 0.05) is 37.7 Å². The van der Waals surface area contributed by atoms with E-state index < -0.39 is 29.4 Å². The lowest BCUT2D eigenvalue weighted by Crippen LogP contribution is -2.74. The minimum atomic E-state index is -1.17. The van der Waals surface area contributed by atoms with Crippen molar-refractivity contribution in [3.05, 3.63) is 29.8 Å². The Hall–Kier alpha value is -3.17. The molecular formula is C20H24N8O5S2. The number of aromatic nitrogens is 4. The number of carboxylic acid groups (broad SMARTS) is 1. The molecule has 3 unspecified atom stereocenters. The number of amides is 3. The highest BCUT2D eigenvalue weighted by molar-refractivity contribution is 8.00. The van der Waals surface area contributed by atoms with Crippen molar-refractivity contribution in [2.45, 2.75) is 29.5 Å². The maximum atomic E-state index is 12.8. The van der Waals surface area contributed by atoms with E-state index in [1.165, 1.54) is 40.0 Å². The summed E-state index contributed by atoms with van der Waals surface area (Å²) in [4.78, 5) is 50.3. The van der Waals surface area contributed by atoms with Gasteiger partial charge in [-0.15, -0.1) is 16.9 Å². The number of benzene rings is 1. The molecule has 15 heteroatoms. The van der Waals surface area contributed by atoms with Gasteiger partial charge < -0.3 is 26.4 Å². The van der Waals surface area contributed by atoms with Gasteiger partial charge >= 0.3 is 5.97 Å². The molecular weight excluding hydrogens is 496 g/mol. The van der Waals surface area contributed by atoms with Crippen molar-refractivity contribution >= 4 is 52.9 Å². The Kier molecular flexibility index (Phi) is 7.00. The van der Waals surface area contributed by atoms with Gasteiger partial charge in [-0.05, 0) is 28.1 Å². The first-order valence-corrected chi connectivity index (χ1v) is 12.6. The molecule has 0 saturated carbocycles. The monoisotopic (exact) mass is 520 g/mol. The van der Waals surface area contributed by atoms with Crippen LogP contribution in [0.1, 0.15) is 18.5 Å². The van der Waals surface area contributed by atoms with E-state index in [0.717, 1.165) is 0 Å². The van der Waals surface area contributed by atoms with E-state index in [1.54, 1.807) is 31.3 Å². The van der Waals surface area contributed by atoms with Gasteiger partial charge in [0.05, 0.1) is 0 Å². The maximum Gasteiger partial charge on any atom is 0.313 e. The van der Waals surface area contributed by atoms with Crippen LogP contribution in [0, 0.1) is 5.41 Å². The molecule has 0 bridgehead atoms. The summed E-state index contributed by atoms with van der Waals surface area (Å²) in [6.07, 6.45) is 0. The maximum absolute atomic E-state index is 12.8. The lowest BCUT2D eigenvalue weighted by Gasteiger charge is -2.53. The van der Waals surface area contributed by atoms with Crippen LogP contribution in [0.2, 0.25) is 0 Å². The predicted molar refractivity (Wildman–Crippen MR) is 127 cm³/mol. The van der Waals surface area contributed by atoms with Gasteiger partial charge in [-0.25, -0.2) is 4.68 Å². The van der Waals surface area contributed by atoms with Crippen molar-refractivity contribution in [1.82, 2.24) is 30.4 Å². The van der Waals surface area contributed by atoms with Gasteiger partial charge in [-0.3, -0.25) is 19.2 Å². The van der Waals surface area contributed by atoms with Crippen molar-refractivity contribution in [3.8, 4) is 0 Å². The number of nitrogens with one attached hydrogen (secondary N) is 2. The molecule has 0 radical (unpaired) electrons. The number of rotatable bonds is 8. The van der Waals surface area contributed by atoms with Gasteiger partial charge in [-0.1, -0.05) is 23.9 Å². The van der Waals surface area contributed by atoms with E-state index >= 15 is 0 Å². The Morgan fingerprint density at radius 1 is 1.34 bits per heavy atom. The molecule has 2 aliphatic heterocycles. The van der Waals surface area contributed by atoms with Gasteiger partial charge in [-0.2, -0.15) is 0 Å². The van der Waals surface area contributed by atoms with E-state index in [-0.39, 0.29) is 35.2 Å². The van der Waals surface area contributed by atoms with Crippen LogP contribution in [-0.2, 0) is 26.2 Å². The summed E-state index contributed by atoms with van der Waals surface area (Å²) >= 11 is 2.53. The molecule has 2 fully saturated rings. The number of carbonyl (C=O) groups is 4. The second kappa shape index (κ2) is 9.83. The van der Waals surface area contributed by atoms with Crippen LogP contribution < -0.4 is 16.4 Å². The Balaban J connectivity index is 1.36. The molecule has 4 rings (SSSR count). The number of nitrogens with zero attached hydrogens (tertiary/aromatic N) is 5. The Morgan fingerprint density at radius 3 is 2.66 bits per heavy atom. The molecule has 3 heterocycles. The first-order chi connectivity index (χ1) is 16.6. The number of hydrogen-bond donors (Lipinski definition) is 4. The molecule has 2 saturated heterocycles. The third-order valence-electron chi connectivity index (χ3n) is 5.83. The SMILES string of the molecule is CC(=O)Nc1ccc(C(N)C(=O)NC2C(=O)N3CC(CSc4nnnn4C)(C(=O)O)CS[C@H]23)cc1. The number of tetrazole rings is 1. The van der Waals surface area contributed by atoms with E-state index in [0.29, 0.717) is 16.4 Å². The number of carboxylic acids is 1. The zero-order chi connectivity index (χ0) is 25.3. The largest absolute Gasteiger partial charge is 0.481 e. The molecule has 1 aromatic carbocycles. The van der Waals surface area contributed by atoms with E-state index in [1.807, 2.05) is 0 Å². The van der Waals surface area contributed by atoms with Crippen molar-refractivity contribution in [2.75, 3.05) is 23.4 Å². The number of hydrogen-bond acceptors (Lipinski definition) is 10. The van der Waals surface area contributed by atoms with Crippen LogP contribution in [-0.4, -0.2) is 83.4 Å². The minimum absolute atomic E-state index is 0.0279. The van der Waals surface area contributed by atoms with Crippen molar-refractivity contribution < 1.29 is 24.3 Å². The zero-order valence-corrected chi connectivity index (χ0v) is 20.5. The van der Waals surface area contributed by atoms with Crippen molar-refractivity contribution in [3.63, 3.8) is 0 Å². The fraction of sp³-hybridized carbons (Fsp3) is 0.450. The number of thioether (sulfide) groups is 2. The van der Waals surface area contributed by atoms with Crippen molar-refractivity contribution in [2.24, 2.45) is 18.2 Å². The normalized spacial score (nSPS) is 24.2. The minimum Gasteiger partial charge on any atom is -0.481 e. The number of β-lactam (4-membered cyclic amide) rings is 1. The number of nitrogens with two attached hydrogens (primary N) is 1.